The summed E-state index contributed by atoms with van der Waals surface area (Å²) in [7, 11) is 0. The summed E-state index contributed by atoms with van der Waals surface area (Å²) >= 11 is 0. The number of rotatable bonds is 5. The maximum Gasteiger partial charge on any atom is 0.177 e. The maximum atomic E-state index is 13.0. The standard InChI is InChI=1S/C21H28O3/c1-13(2)21(17(6)22)19(24-16(5)15(4)20(21)23)12-11-18-9-7-14(3)8-10-18/h7-10,13,16,19H,4,11-12H2,1-3,5-6H3/t16-,19?,21-/m1/s1. The molecule has 3 atom stereocenters. The van der Waals surface area contributed by atoms with E-state index in [4.69, 9.17) is 4.74 Å². The lowest BCUT2D eigenvalue weighted by molar-refractivity contribution is -0.166. The van der Waals surface area contributed by atoms with Crippen LogP contribution in [-0.2, 0) is 20.7 Å². The molecule has 3 heteroatoms. The fraction of sp³-hybridized carbons (Fsp3) is 0.524. The molecule has 1 saturated heterocycles. The van der Waals surface area contributed by atoms with Gasteiger partial charge >= 0.3 is 0 Å². The number of ether oxygens (including phenoxy) is 1. The quantitative estimate of drug-likeness (QED) is 0.604. The third-order valence-corrected chi connectivity index (χ3v) is 5.34. The predicted molar refractivity (Wildman–Crippen MR) is 95.9 cm³/mol. The van der Waals surface area contributed by atoms with Gasteiger partial charge in [-0.15, -0.1) is 0 Å². The van der Waals surface area contributed by atoms with Crippen LogP contribution in [-0.4, -0.2) is 23.8 Å². The summed E-state index contributed by atoms with van der Waals surface area (Å²) in [6, 6.07) is 8.33. The molecule has 0 aromatic heterocycles. The normalized spacial score (nSPS) is 27.6. The van der Waals surface area contributed by atoms with E-state index in [1.165, 1.54) is 18.1 Å². The van der Waals surface area contributed by atoms with Crippen molar-refractivity contribution in [3.8, 4) is 0 Å². The molecule has 1 heterocycles. The third kappa shape index (κ3) is 3.10. The van der Waals surface area contributed by atoms with Crippen LogP contribution in [0.25, 0.3) is 0 Å². The lowest BCUT2D eigenvalue weighted by Crippen LogP contribution is -2.58. The van der Waals surface area contributed by atoms with Crippen LogP contribution in [0, 0.1) is 18.3 Å². The van der Waals surface area contributed by atoms with Crippen LogP contribution in [0.2, 0.25) is 0 Å². The molecule has 1 fully saturated rings. The highest BCUT2D eigenvalue weighted by atomic mass is 16.5. The molecule has 3 nitrogen and oxygen atoms in total. The Balaban J connectivity index is 2.32. The number of hydrogen-bond donors (Lipinski definition) is 0. The van der Waals surface area contributed by atoms with E-state index < -0.39 is 11.5 Å². The van der Waals surface area contributed by atoms with Gasteiger partial charge in [-0.05, 0) is 45.1 Å². The molecule has 1 aromatic carbocycles. The van der Waals surface area contributed by atoms with E-state index >= 15 is 0 Å². The van der Waals surface area contributed by atoms with Gasteiger partial charge in [0.1, 0.15) is 11.2 Å². The van der Waals surface area contributed by atoms with Crippen LogP contribution in [0.1, 0.15) is 45.2 Å². The second kappa shape index (κ2) is 7.02. The molecular formula is C21H28O3. The number of benzene rings is 1. The first-order valence-electron chi connectivity index (χ1n) is 8.66. The molecule has 0 bridgehead atoms. The van der Waals surface area contributed by atoms with Crippen LogP contribution in [0.4, 0.5) is 0 Å². The third-order valence-electron chi connectivity index (χ3n) is 5.34. The Hall–Kier alpha value is -1.74. The molecule has 24 heavy (non-hydrogen) atoms. The largest absolute Gasteiger partial charge is 0.369 e. The molecule has 130 valence electrons. The highest BCUT2D eigenvalue weighted by Crippen LogP contribution is 2.44. The second-order valence-corrected chi connectivity index (χ2v) is 7.23. The molecule has 0 N–H and O–H groups in total. The molecule has 1 aliphatic rings. The Morgan fingerprint density at radius 3 is 2.38 bits per heavy atom. The highest BCUT2D eigenvalue weighted by molar-refractivity contribution is 6.15. The van der Waals surface area contributed by atoms with Crippen molar-refractivity contribution in [2.24, 2.45) is 11.3 Å². The van der Waals surface area contributed by atoms with Gasteiger partial charge in [-0.3, -0.25) is 9.59 Å². The monoisotopic (exact) mass is 328 g/mol. The first-order valence-corrected chi connectivity index (χ1v) is 8.66. The SMILES string of the molecule is C=C1C(=O)[C@@](C(C)=O)(C(C)C)C(CCc2ccc(C)cc2)O[C@@H]1C. The van der Waals surface area contributed by atoms with E-state index in [-0.39, 0.29) is 23.6 Å². The minimum absolute atomic E-state index is 0.121. The van der Waals surface area contributed by atoms with Crippen molar-refractivity contribution in [2.75, 3.05) is 0 Å². The number of carbonyl (C=O) groups excluding carboxylic acids is 2. The molecule has 0 spiro atoms. The Morgan fingerprint density at radius 2 is 1.88 bits per heavy atom. The van der Waals surface area contributed by atoms with E-state index in [0.717, 1.165) is 6.42 Å². The van der Waals surface area contributed by atoms with Gasteiger partial charge in [-0.1, -0.05) is 50.3 Å². The fourth-order valence-electron chi connectivity index (χ4n) is 3.81. The molecule has 0 radical (unpaired) electrons. The van der Waals surface area contributed by atoms with Crippen molar-refractivity contribution in [2.45, 2.75) is 59.7 Å². The van der Waals surface area contributed by atoms with Crippen molar-refractivity contribution in [3.63, 3.8) is 0 Å². The van der Waals surface area contributed by atoms with Crippen LogP contribution >= 0.6 is 0 Å². The van der Waals surface area contributed by atoms with Gasteiger partial charge in [-0.2, -0.15) is 0 Å². The predicted octanol–water partition coefficient (Wildman–Crippen LogP) is 4.07. The first kappa shape index (κ1) is 18.6. The molecule has 0 saturated carbocycles. The Labute approximate surface area is 145 Å². The van der Waals surface area contributed by atoms with Gasteiger partial charge in [0.25, 0.3) is 0 Å². The average Bonchev–Trinajstić information content (AvgIpc) is 2.51. The van der Waals surface area contributed by atoms with E-state index in [1.54, 1.807) is 0 Å². The van der Waals surface area contributed by atoms with E-state index in [1.807, 2.05) is 20.8 Å². The number of hydrogen-bond acceptors (Lipinski definition) is 3. The fourth-order valence-corrected chi connectivity index (χ4v) is 3.81. The summed E-state index contributed by atoms with van der Waals surface area (Å²) in [5.41, 5.74) is 1.70. The van der Waals surface area contributed by atoms with Gasteiger partial charge in [0, 0.05) is 5.57 Å². The zero-order valence-corrected chi connectivity index (χ0v) is 15.4. The summed E-state index contributed by atoms with van der Waals surface area (Å²) in [5.74, 6) is -0.392. The highest BCUT2D eigenvalue weighted by Gasteiger charge is 2.56. The molecule has 2 rings (SSSR count). The number of carbonyl (C=O) groups is 2. The molecule has 1 unspecified atom stereocenters. The van der Waals surface area contributed by atoms with Crippen LogP contribution < -0.4 is 0 Å². The van der Waals surface area contributed by atoms with Crippen LogP contribution in [0.15, 0.2) is 36.4 Å². The van der Waals surface area contributed by atoms with Gasteiger partial charge < -0.3 is 4.74 Å². The van der Waals surface area contributed by atoms with Crippen molar-refractivity contribution in [3.05, 3.63) is 47.5 Å². The molecule has 1 aromatic rings. The van der Waals surface area contributed by atoms with Crippen molar-refractivity contribution in [1.82, 2.24) is 0 Å². The van der Waals surface area contributed by atoms with Gasteiger partial charge in [0.05, 0.1) is 12.2 Å². The van der Waals surface area contributed by atoms with Crippen LogP contribution in [0.3, 0.4) is 0 Å². The Morgan fingerprint density at radius 1 is 1.29 bits per heavy atom. The number of aryl methyl sites for hydroxylation is 2. The number of ketones is 2. The summed E-state index contributed by atoms with van der Waals surface area (Å²) in [6.45, 7) is 13.1. The maximum absolute atomic E-state index is 13.0. The van der Waals surface area contributed by atoms with E-state index in [9.17, 15) is 9.59 Å². The Kier molecular flexibility index (Phi) is 5.44. The van der Waals surface area contributed by atoms with Gasteiger partial charge in [-0.25, -0.2) is 0 Å². The van der Waals surface area contributed by atoms with Gasteiger partial charge in [0.15, 0.2) is 5.78 Å². The summed E-state index contributed by atoms with van der Waals surface area (Å²) in [6.07, 6.45) is 0.666. The molecule has 0 aliphatic carbocycles. The molecule has 0 amide bonds. The lowest BCUT2D eigenvalue weighted by Gasteiger charge is -2.46. The van der Waals surface area contributed by atoms with Gasteiger partial charge in [0.2, 0.25) is 0 Å². The summed E-state index contributed by atoms with van der Waals surface area (Å²) in [4.78, 5) is 25.6. The van der Waals surface area contributed by atoms with E-state index in [2.05, 4.69) is 37.8 Å². The minimum Gasteiger partial charge on any atom is -0.369 e. The Bertz CT molecular complexity index is 642. The second-order valence-electron chi connectivity index (χ2n) is 7.23. The zero-order valence-electron chi connectivity index (χ0n) is 15.4. The molecule has 1 aliphatic heterocycles. The first-order chi connectivity index (χ1) is 11.2. The minimum atomic E-state index is -1.12. The van der Waals surface area contributed by atoms with E-state index in [0.29, 0.717) is 12.0 Å². The van der Waals surface area contributed by atoms with Crippen LogP contribution in [0.5, 0.6) is 0 Å². The smallest absolute Gasteiger partial charge is 0.177 e. The summed E-state index contributed by atoms with van der Waals surface area (Å²) in [5, 5.41) is 0. The lowest BCUT2D eigenvalue weighted by atomic mass is 9.62. The topological polar surface area (TPSA) is 43.4 Å². The summed E-state index contributed by atoms with van der Waals surface area (Å²) < 4.78 is 6.11. The average molecular weight is 328 g/mol. The van der Waals surface area contributed by atoms with Crippen molar-refractivity contribution < 1.29 is 14.3 Å². The zero-order chi connectivity index (χ0) is 18.1. The van der Waals surface area contributed by atoms with Crippen molar-refractivity contribution >= 4 is 11.6 Å². The number of Topliss-reactive ketones (excluding diaryl/α,β-unsaturated/α-hetero) is 2. The molecular weight excluding hydrogens is 300 g/mol. The van der Waals surface area contributed by atoms with Crippen molar-refractivity contribution in [1.29, 1.82) is 0 Å².